The van der Waals surface area contributed by atoms with Crippen LogP contribution in [0.5, 0.6) is 0 Å². The molecule has 0 aliphatic heterocycles. The Morgan fingerprint density at radius 1 is 1.17 bits per heavy atom. The van der Waals surface area contributed by atoms with Gasteiger partial charge < -0.3 is 5.32 Å². The van der Waals surface area contributed by atoms with Gasteiger partial charge >= 0.3 is 0 Å². The summed E-state index contributed by atoms with van der Waals surface area (Å²) in [6.45, 7) is 6.47. The number of anilines is 1. The van der Waals surface area contributed by atoms with Crippen molar-refractivity contribution >= 4 is 5.69 Å². The van der Waals surface area contributed by atoms with Crippen LogP contribution in [0, 0.1) is 24.6 Å². The Balaban J connectivity index is 1.94. The largest absolute Gasteiger partial charge is 0.382 e. The summed E-state index contributed by atoms with van der Waals surface area (Å²) in [5.74, 6) is 1.55. The molecular weight excluding hydrogens is 225 g/mol. The molecule has 0 radical (unpaired) electrons. The molecule has 0 unspecified atom stereocenters. The summed E-state index contributed by atoms with van der Waals surface area (Å²) >= 11 is 0. The first-order valence-electron chi connectivity index (χ1n) is 7.09. The number of hydrogen-bond donors (Lipinski definition) is 1. The molecule has 1 aliphatic rings. The molecule has 0 bridgehead atoms. The fourth-order valence-corrected chi connectivity index (χ4v) is 2.91. The van der Waals surface area contributed by atoms with Crippen LogP contribution in [0.4, 0.5) is 10.1 Å². The Hall–Kier alpha value is -1.05. The van der Waals surface area contributed by atoms with Crippen molar-refractivity contribution in [3.8, 4) is 0 Å². The lowest BCUT2D eigenvalue weighted by Gasteiger charge is -2.32. The lowest BCUT2D eigenvalue weighted by Crippen LogP contribution is -2.28. The highest BCUT2D eigenvalue weighted by Crippen LogP contribution is 2.32. The highest BCUT2D eigenvalue weighted by atomic mass is 19.1. The van der Waals surface area contributed by atoms with Gasteiger partial charge in [-0.25, -0.2) is 4.39 Å². The van der Waals surface area contributed by atoms with Crippen molar-refractivity contribution in [1.82, 2.24) is 0 Å². The normalized spacial score (nSPS) is 24.3. The van der Waals surface area contributed by atoms with E-state index in [1.807, 2.05) is 13.0 Å². The third kappa shape index (κ3) is 3.04. The predicted octanol–water partition coefficient (Wildman–Crippen LogP) is 4.76. The summed E-state index contributed by atoms with van der Waals surface area (Å²) in [5.41, 5.74) is 1.70. The van der Waals surface area contributed by atoms with E-state index in [4.69, 9.17) is 0 Å². The molecule has 0 aromatic heterocycles. The van der Waals surface area contributed by atoms with Gasteiger partial charge in [0.2, 0.25) is 0 Å². The van der Waals surface area contributed by atoms with E-state index in [0.717, 1.165) is 23.1 Å². The Kier molecular flexibility index (Phi) is 4.26. The van der Waals surface area contributed by atoms with E-state index in [2.05, 4.69) is 19.2 Å². The Labute approximate surface area is 110 Å². The molecule has 0 heterocycles. The van der Waals surface area contributed by atoms with Crippen LogP contribution >= 0.6 is 0 Å². The molecule has 1 fully saturated rings. The smallest absolute Gasteiger partial charge is 0.128 e. The fourth-order valence-electron chi connectivity index (χ4n) is 2.91. The van der Waals surface area contributed by atoms with Crippen molar-refractivity contribution in [2.24, 2.45) is 11.8 Å². The van der Waals surface area contributed by atoms with E-state index in [9.17, 15) is 4.39 Å². The molecule has 0 spiro atoms. The molecule has 1 nitrogen and oxygen atoms in total. The Bertz CT molecular complexity index is 392. The van der Waals surface area contributed by atoms with Crippen LogP contribution in [0.2, 0.25) is 0 Å². The molecule has 1 N–H and O–H groups in total. The van der Waals surface area contributed by atoms with Crippen LogP contribution in [0.3, 0.4) is 0 Å². The maximum Gasteiger partial charge on any atom is 0.128 e. The highest BCUT2D eigenvalue weighted by Gasteiger charge is 2.23. The predicted molar refractivity (Wildman–Crippen MR) is 75.3 cm³/mol. The van der Waals surface area contributed by atoms with Gasteiger partial charge in [0.1, 0.15) is 5.82 Å². The monoisotopic (exact) mass is 249 g/mol. The van der Waals surface area contributed by atoms with E-state index in [1.54, 1.807) is 6.07 Å². The zero-order chi connectivity index (χ0) is 13.1. The average molecular weight is 249 g/mol. The molecule has 1 aliphatic carbocycles. The van der Waals surface area contributed by atoms with Crippen molar-refractivity contribution in [3.63, 3.8) is 0 Å². The van der Waals surface area contributed by atoms with Gasteiger partial charge in [-0.15, -0.1) is 0 Å². The molecule has 0 saturated heterocycles. The van der Waals surface area contributed by atoms with E-state index in [-0.39, 0.29) is 5.82 Å². The minimum atomic E-state index is -0.115. The number of rotatable bonds is 3. The molecule has 2 heteroatoms. The second-order valence-electron chi connectivity index (χ2n) is 5.91. The third-order valence-corrected chi connectivity index (χ3v) is 4.34. The van der Waals surface area contributed by atoms with Crippen molar-refractivity contribution in [3.05, 3.63) is 29.6 Å². The molecule has 0 amide bonds. The first-order valence-corrected chi connectivity index (χ1v) is 7.09. The highest BCUT2D eigenvalue weighted by molar-refractivity contribution is 5.51. The van der Waals surface area contributed by atoms with Crippen LogP contribution < -0.4 is 5.32 Å². The third-order valence-electron chi connectivity index (χ3n) is 4.34. The fraction of sp³-hybridized carbons (Fsp3) is 0.625. The molecule has 1 aromatic carbocycles. The number of nitrogens with one attached hydrogen (secondary N) is 1. The van der Waals surface area contributed by atoms with Gasteiger partial charge in [-0.3, -0.25) is 0 Å². The Morgan fingerprint density at radius 2 is 1.83 bits per heavy atom. The summed E-state index contributed by atoms with van der Waals surface area (Å²) in [6.07, 6.45) is 5.00. The average Bonchev–Trinajstić information content (AvgIpc) is 2.36. The van der Waals surface area contributed by atoms with Gasteiger partial charge in [0.05, 0.1) is 0 Å². The first kappa shape index (κ1) is 13.4. The second kappa shape index (κ2) is 5.73. The van der Waals surface area contributed by atoms with Crippen molar-refractivity contribution in [2.75, 3.05) is 5.32 Å². The van der Waals surface area contributed by atoms with Crippen LogP contribution in [0.15, 0.2) is 18.2 Å². The standard InChI is InChI=1S/C16H24FN/c1-11(2)13-7-9-14(10-8-13)18-16-6-4-5-15(17)12(16)3/h4-6,11,13-14,18H,7-10H2,1-3H3. The van der Waals surface area contributed by atoms with Gasteiger partial charge in [0.15, 0.2) is 0 Å². The van der Waals surface area contributed by atoms with Gasteiger partial charge in [-0.05, 0) is 56.6 Å². The summed E-state index contributed by atoms with van der Waals surface area (Å²) in [5, 5.41) is 3.51. The molecule has 18 heavy (non-hydrogen) atoms. The first-order chi connectivity index (χ1) is 8.58. The van der Waals surface area contributed by atoms with Crippen molar-refractivity contribution in [1.29, 1.82) is 0 Å². The quantitative estimate of drug-likeness (QED) is 0.814. The van der Waals surface area contributed by atoms with E-state index in [0.29, 0.717) is 6.04 Å². The van der Waals surface area contributed by atoms with Crippen LogP contribution in [-0.4, -0.2) is 6.04 Å². The Morgan fingerprint density at radius 3 is 2.44 bits per heavy atom. The summed E-state index contributed by atoms with van der Waals surface area (Å²) in [6, 6.07) is 5.80. The van der Waals surface area contributed by atoms with Crippen molar-refractivity contribution < 1.29 is 4.39 Å². The van der Waals surface area contributed by atoms with Crippen LogP contribution in [-0.2, 0) is 0 Å². The molecule has 0 atom stereocenters. The lowest BCUT2D eigenvalue weighted by atomic mass is 9.79. The topological polar surface area (TPSA) is 12.0 Å². The SMILES string of the molecule is Cc1c(F)cccc1NC1CCC(C(C)C)CC1. The van der Waals surface area contributed by atoms with Crippen molar-refractivity contribution in [2.45, 2.75) is 52.5 Å². The van der Waals surface area contributed by atoms with Gasteiger partial charge in [0.25, 0.3) is 0 Å². The molecule has 100 valence electrons. The molecule has 2 rings (SSSR count). The zero-order valence-electron chi connectivity index (χ0n) is 11.7. The van der Waals surface area contributed by atoms with Gasteiger partial charge in [-0.2, -0.15) is 0 Å². The van der Waals surface area contributed by atoms with Crippen LogP contribution in [0.1, 0.15) is 45.1 Å². The zero-order valence-corrected chi connectivity index (χ0v) is 11.7. The maximum absolute atomic E-state index is 13.5. The maximum atomic E-state index is 13.5. The molecule has 1 saturated carbocycles. The minimum Gasteiger partial charge on any atom is -0.382 e. The summed E-state index contributed by atoms with van der Waals surface area (Å²) in [7, 11) is 0. The number of halogens is 1. The van der Waals surface area contributed by atoms with Crippen LogP contribution in [0.25, 0.3) is 0 Å². The van der Waals surface area contributed by atoms with Gasteiger partial charge in [-0.1, -0.05) is 19.9 Å². The van der Waals surface area contributed by atoms with E-state index in [1.165, 1.54) is 31.7 Å². The number of benzene rings is 1. The molecule has 1 aromatic rings. The van der Waals surface area contributed by atoms with E-state index >= 15 is 0 Å². The summed E-state index contributed by atoms with van der Waals surface area (Å²) < 4.78 is 13.5. The summed E-state index contributed by atoms with van der Waals surface area (Å²) in [4.78, 5) is 0. The second-order valence-corrected chi connectivity index (χ2v) is 5.91. The molecular formula is C16H24FN. The van der Waals surface area contributed by atoms with E-state index < -0.39 is 0 Å². The van der Waals surface area contributed by atoms with Gasteiger partial charge in [0, 0.05) is 17.3 Å². The number of hydrogen-bond acceptors (Lipinski definition) is 1. The minimum absolute atomic E-state index is 0.115. The lowest BCUT2D eigenvalue weighted by molar-refractivity contribution is 0.267.